The van der Waals surface area contributed by atoms with Crippen LogP contribution in [-0.2, 0) is 13.0 Å². The summed E-state index contributed by atoms with van der Waals surface area (Å²) in [6.45, 7) is 1.48. The van der Waals surface area contributed by atoms with Gasteiger partial charge in [-0.1, -0.05) is 24.3 Å². The maximum Gasteiger partial charge on any atom is 0.335 e. The van der Waals surface area contributed by atoms with Crippen LogP contribution in [0.3, 0.4) is 0 Å². The van der Waals surface area contributed by atoms with E-state index in [1.54, 1.807) is 18.3 Å². The van der Waals surface area contributed by atoms with E-state index in [2.05, 4.69) is 27.0 Å². The molecular weight excluding hydrogens is 342 g/mol. The van der Waals surface area contributed by atoms with Crippen LogP contribution < -0.4 is 16.4 Å². The summed E-state index contributed by atoms with van der Waals surface area (Å²) in [6, 6.07) is 13.2. The Morgan fingerprint density at radius 3 is 2.63 bits per heavy atom. The molecule has 2 aromatic carbocycles. The number of hydrogen-bond donors (Lipinski definition) is 3. The number of rotatable bonds is 4. The van der Waals surface area contributed by atoms with Gasteiger partial charge in [0, 0.05) is 30.5 Å². The van der Waals surface area contributed by atoms with Crippen LogP contribution in [0, 0.1) is 0 Å². The lowest BCUT2D eigenvalue weighted by Gasteiger charge is -2.20. The van der Waals surface area contributed by atoms with Gasteiger partial charge in [-0.2, -0.15) is 4.98 Å². The maximum absolute atomic E-state index is 11.1. The molecule has 136 valence electrons. The molecule has 0 aliphatic carbocycles. The van der Waals surface area contributed by atoms with Gasteiger partial charge in [0.15, 0.2) is 0 Å². The van der Waals surface area contributed by atoms with Gasteiger partial charge in [0.05, 0.1) is 5.56 Å². The summed E-state index contributed by atoms with van der Waals surface area (Å²) in [7, 11) is 0. The molecule has 7 heteroatoms. The topological polar surface area (TPSA) is 118 Å². The van der Waals surface area contributed by atoms with Gasteiger partial charge in [-0.25, -0.2) is 9.78 Å². The molecule has 4 rings (SSSR count). The summed E-state index contributed by atoms with van der Waals surface area (Å²) in [5.74, 6) is -0.351. The highest BCUT2D eigenvalue weighted by Crippen LogP contribution is 2.37. The van der Waals surface area contributed by atoms with E-state index < -0.39 is 5.97 Å². The molecule has 0 saturated heterocycles. The molecule has 2 heterocycles. The van der Waals surface area contributed by atoms with Crippen molar-refractivity contribution < 1.29 is 9.90 Å². The highest BCUT2D eigenvalue weighted by molar-refractivity contribution is 5.88. The first-order valence-electron chi connectivity index (χ1n) is 8.60. The van der Waals surface area contributed by atoms with E-state index in [-0.39, 0.29) is 11.5 Å². The fourth-order valence-electron chi connectivity index (χ4n) is 3.49. The Kier molecular flexibility index (Phi) is 4.12. The van der Waals surface area contributed by atoms with Gasteiger partial charge in [-0.3, -0.25) is 0 Å². The number of nitrogens with two attached hydrogens (primary N) is 2. The molecule has 7 nitrogen and oxygen atoms in total. The third-order valence-corrected chi connectivity index (χ3v) is 4.84. The normalized spacial score (nSPS) is 12.8. The lowest BCUT2D eigenvalue weighted by molar-refractivity contribution is 0.0697. The molecule has 0 amide bonds. The fourth-order valence-corrected chi connectivity index (χ4v) is 3.49. The van der Waals surface area contributed by atoms with Crippen molar-refractivity contribution in [1.29, 1.82) is 0 Å². The number of nitrogen functional groups attached to an aromatic ring is 2. The van der Waals surface area contributed by atoms with Crippen molar-refractivity contribution in [2.75, 3.05) is 22.9 Å². The Balaban J connectivity index is 1.65. The minimum absolute atomic E-state index is 0.171. The first-order chi connectivity index (χ1) is 13.0. The molecule has 5 N–H and O–H groups in total. The van der Waals surface area contributed by atoms with Crippen molar-refractivity contribution >= 4 is 23.4 Å². The first kappa shape index (κ1) is 16.8. The van der Waals surface area contributed by atoms with Gasteiger partial charge in [0.2, 0.25) is 5.95 Å². The number of fused-ring (bicyclic) bond motifs is 1. The van der Waals surface area contributed by atoms with Crippen LogP contribution in [-0.4, -0.2) is 27.6 Å². The van der Waals surface area contributed by atoms with Gasteiger partial charge in [0.25, 0.3) is 0 Å². The van der Waals surface area contributed by atoms with E-state index in [1.165, 1.54) is 5.56 Å². The van der Waals surface area contributed by atoms with E-state index in [4.69, 9.17) is 16.6 Å². The molecule has 1 aromatic heterocycles. The predicted octanol–water partition coefficient (Wildman–Crippen LogP) is 2.57. The van der Waals surface area contributed by atoms with E-state index >= 15 is 0 Å². The SMILES string of the molecule is Nc1ncc(CN2CCc3c(-c4ccc(C(=O)O)cc4)cccc32)c(N)n1. The molecule has 0 saturated carbocycles. The van der Waals surface area contributed by atoms with Crippen molar-refractivity contribution in [3.8, 4) is 11.1 Å². The predicted molar refractivity (Wildman–Crippen MR) is 104 cm³/mol. The van der Waals surface area contributed by atoms with Gasteiger partial charge < -0.3 is 21.5 Å². The third-order valence-electron chi connectivity index (χ3n) is 4.84. The second-order valence-electron chi connectivity index (χ2n) is 6.50. The monoisotopic (exact) mass is 361 g/mol. The minimum Gasteiger partial charge on any atom is -0.478 e. The van der Waals surface area contributed by atoms with E-state index in [9.17, 15) is 4.79 Å². The van der Waals surface area contributed by atoms with Crippen LogP contribution >= 0.6 is 0 Å². The number of carboxylic acids is 1. The number of nitrogens with zero attached hydrogens (tertiary/aromatic N) is 3. The summed E-state index contributed by atoms with van der Waals surface area (Å²) < 4.78 is 0. The zero-order valence-corrected chi connectivity index (χ0v) is 14.6. The summed E-state index contributed by atoms with van der Waals surface area (Å²) in [4.78, 5) is 21.4. The lowest BCUT2D eigenvalue weighted by atomic mass is 9.97. The molecule has 0 bridgehead atoms. The molecule has 27 heavy (non-hydrogen) atoms. The smallest absolute Gasteiger partial charge is 0.335 e. The molecule has 0 unspecified atom stereocenters. The Hall–Kier alpha value is -3.61. The molecule has 0 fully saturated rings. The Labute approximate surface area is 156 Å². The maximum atomic E-state index is 11.1. The van der Waals surface area contributed by atoms with Gasteiger partial charge >= 0.3 is 5.97 Å². The number of aromatic nitrogens is 2. The Morgan fingerprint density at radius 2 is 1.93 bits per heavy atom. The number of carboxylic acid groups (broad SMARTS) is 1. The highest BCUT2D eigenvalue weighted by atomic mass is 16.4. The van der Waals surface area contributed by atoms with Crippen molar-refractivity contribution in [2.24, 2.45) is 0 Å². The first-order valence-corrected chi connectivity index (χ1v) is 8.60. The highest BCUT2D eigenvalue weighted by Gasteiger charge is 2.23. The van der Waals surface area contributed by atoms with Crippen LogP contribution in [0.25, 0.3) is 11.1 Å². The van der Waals surface area contributed by atoms with Crippen molar-refractivity contribution in [3.63, 3.8) is 0 Å². The average Bonchev–Trinajstić information content (AvgIpc) is 3.07. The molecule has 1 aliphatic heterocycles. The summed E-state index contributed by atoms with van der Waals surface area (Å²) in [5, 5.41) is 9.08. The van der Waals surface area contributed by atoms with E-state index in [1.807, 2.05) is 18.2 Å². The average molecular weight is 361 g/mol. The Bertz CT molecular complexity index is 1020. The quantitative estimate of drug-likeness (QED) is 0.653. The zero-order valence-electron chi connectivity index (χ0n) is 14.6. The van der Waals surface area contributed by atoms with Gasteiger partial charge in [0.1, 0.15) is 5.82 Å². The number of hydrogen-bond acceptors (Lipinski definition) is 6. The minimum atomic E-state index is -0.922. The van der Waals surface area contributed by atoms with Crippen molar-refractivity contribution in [1.82, 2.24) is 9.97 Å². The number of benzene rings is 2. The Morgan fingerprint density at radius 1 is 1.15 bits per heavy atom. The van der Waals surface area contributed by atoms with Crippen LogP contribution in [0.5, 0.6) is 0 Å². The second kappa shape index (κ2) is 6.60. The summed E-state index contributed by atoms with van der Waals surface area (Å²) >= 11 is 0. The standard InChI is InChI=1S/C20H19N5O2/c21-18-14(10-23-20(22)24-18)11-25-9-8-16-15(2-1-3-17(16)25)12-4-6-13(7-5-12)19(26)27/h1-7,10H,8-9,11H2,(H,26,27)(H4,21,22,23,24). The van der Waals surface area contributed by atoms with E-state index in [0.717, 1.165) is 35.3 Å². The van der Waals surface area contributed by atoms with Crippen molar-refractivity contribution in [2.45, 2.75) is 13.0 Å². The molecule has 0 spiro atoms. The number of aromatic carboxylic acids is 1. The zero-order chi connectivity index (χ0) is 19.0. The van der Waals surface area contributed by atoms with Gasteiger partial charge in [-0.15, -0.1) is 0 Å². The summed E-state index contributed by atoms with van der Waals surface area (Å²) in [5.41, 5.74) is 17.2. The summed E-state index contributed by atoms with van der Waals surface area (Å²) in [6.07, 6.45) is 2.58. The molecule has 0 radical (unpaired) electrons. The molecular formula is C20H19N5O2. The molecule has 0 atom stereocenters. The number of anilines is 3. The van der Waals surface area contributed by atoms with Crippen LogP contribution in [0.1, 0.15) is 21.5 Å². The van der Waals surface area contributed by atoms with Crippen LogP contribution in [0.4, 0.5) is 17.5 Å². The van der Waals surface area contributed by atoms with E-state index in [0.29, 0.717) is 12.4 Å². The van der Waals surface area contributed by atoms with Crippen molar-refractivity contribution in [3.05, 3.63) is 65.4 Å². The largest absolute Gasteiger partial charge is 0.478 e. The van der Waals surface area contributed by atoms with Crippen LogP contribution in [0.15, 0.2) is 48.7 Å². The fraction of sp³-hybridized carbons (Fsp3) is 0.150. The lowest BCUT2D eigenvalue weighted by Crippen LogP contribution is -2.21. The van der Waals surface area contributed by atoms with Gasteiger partial charge in [-0.05, 0) is 41.3 Å². The number of carbonyl (C=O) groups is 1. The van der Waals surface area contributed by atoms with Crippen LogP contribution in [0.2, 0.25) is 0 Å². The second-order valence-corrected chi connectivity index (χ2v) is 6.50. The molecule has 1 aliphatic rings. The molecule has 3 aromatic rings. The third kappa shape index (κ3) is 3.15.